The number of aryl methyl sites for hydroxylation is 2. The standard InChI is InChI=1S/C77H100F2N12O8S/c1-46(2)83-70(94)56-40-60(58(78)34-48(56)5)85-69-66-61(81-44-90(66)47(3)4)41-59(84-69)50-23-24-57-62(35-50)91(54-37-53(38-54)87-29-17-15-18-30-87)74(98)76(57)27-31-88(32-28-76)65(93)20-16-13-11-10-12-14-19-33-99-64-36-51(67-49(6)82-45-100-67)21-22-52(64)42-80-71(95)63-39-55(92)43-89(63)72(96)68(75(7,8)9)86-73(97)77(79)25-26-77/h21-24,34-36,40-41,44-47,53-55,63,68,92H,10-20,25-33,37-39,42-43H2,1-9H3,(H,80,95)(H,83,94)(H,84,85)(H,86,97)/t53?,54?,55-,63+,68-/m1/s1. The molecule has 0 unspecified atom stereocenters. The topological polar surface area (TPSA) is 237 Å². The molecule has 6 aromatic rings. The lowest BCUT2D eigenvalue weighted by molar-refractivity contribution is -0.145. The Morgan fingerprint density at radius 2 is 1.52 bits per heavy atom. The first kappa shape index (κ1) is 71.9. The number of thiazole rings is 1. The van der Waals surface area contributed by atoms with Crippen molar-refractivity contribution in [2.45, 2.75) is 238 Å². The van der Waals surface area contributed by atoms with Crippen LogP contribution in [0.25, 0.3) is 32.7 Å². The summed E-state index contributed by atoms with van der Waals surface area (Å²) in [6.45, 7) is 20.5. The first-order valence-corrected chi connectivity index (χ1v) is 37.4. The number of hydrogen-bond acceptors (Lipinski definition) is 14. The lowest BCUT2D eigenvalue weighted by Crippen LogP contribution is -2.59. The molecule has 7 heterocycles. The van der Waals surface area contributed by atoms with Gasteiger partial charge in [0.1, 0.15) is 29.2 Å². The van der Waals surface area contributed by atoms with Crippen LogP contribution in [0.4, 0.5) is 26.0 Å². The Bertz CT molecular complexity index is 4030. The number of rotatable bonds is 26. The minimum Gasteiger partial charge on any atom is -0.493 e. The number of alkyl halides is 1. The highest BCUT2D eigenvalue weighted by Crippen LogP contribution is 2.53. The van der Waals surface area contributed by atoms with E-state index in [0.717, 1.165) is 109 Å². The van der Waals surface area contributed by atoms with Crippen LogP contribution >= 0.6 is 11.3 Å². The van der Waals surface area contributed by atoms with E-state index in [1.54, 1.807) is 45.6 Å². The van der Waals surface area contributed by atoms with Gasteiger partial charge in [0.2, 0.25) is 23.6 Å². The number of imidazole rings is 1. The summed E-state index contributed by atoms with van der Waals surface area (Å²) in [5, 5.41) is 22.6. The summed E-state index contributed by atoms with van der Waals surface area (Å²) in [6, 6.07) is 15.2. The number of ether oxygens (including phenoxy) is 1. The van der Waals surface area contributed by atoms with E-state index in [4.69, 9.17) is 14.7 Å². The number of amides is 6. The van der Waals surface area contributed by atoms with Crippen molar-refractivity contribution in [3.05, 3.63) is 100 Å². The molecule has 1 spiro atoms. The quantitative estimate of drug-likeness (QED) is 0.0318. The van der Waals surface area contributed by atoms with Gasteiger partial charge in [-0.2, -0.15) is 0 Å². The largest absolute Gasteiger partial charge is 0.493 e. The monoisotopic (exact) mass is 1390 g/mol. The molecule has 3 atom stereocenters. The molecule has 0 radical (unpaired) electrons. The van der Waals surface area contributed by atoms with E-state index in [1.807, 2.05) is 74.4 Å². The van der Waals surface area contributed by atoms with Crippen molar-refractivity contribution in [3.8, 4) is 27.4 Å². The summed E-state index contributed by atoms with van der Waals surface area (Å²) >= 11 is 1.53. The number of aliphatic hydroxyl groups excluding tert-OH is 1. The Kier molecular flexibility index (Phi) is 21.6. The van der Waals surface area contributed by atoms with E-state index in [0.29, 0.717) is 84.4 Å². The van der Waals surface area contributed by atoms with Crippen LogP contribution in [0.3, 0.4) is 0 Å². The fourth-order valence-corrected chi connectivity index (χ4v) is 16.2. The maximum atomic E-state index is 16.0. The minimum absolute atomic E-state index is 0.00792. The summed E-state index contributed by atoms with van der Waals surface area (Å²) in [6.07, 6.45) is 14.5. The second-order valence-corrected chi connectivity index (χ2v) is 31.5. The Morgan fingerprint density at radius 3 is 2.20 bits per heavy atom. The van der Waals surface area contributed by atoms with Gasteiger partial charge in [-0.3, -0.25) is 28.8 Å². The number of hydrogen-bond donors (Lipinski definition) is 5. The van der Waals surface area contributed by atoms with Gasteiger partial charge < -0.3 is 55.3 Å². The van der Waals surface area contributed by atoms with Crippen LogP contribution in [0.1, 0.15) is 203 Å². The normalized spacial score (nSPS) is 20.6. The predicted molar refractivity (Wildman–Crippen MR) is 385 cm³/mol. The molecule has 23 heteroatoms. The van der Waals surface area contributed by atoms with Crippen molar-refractivity contribution in [2.24, 2.45) is 5.41 Å². The molecule has 5 N–H and O–H groups in total. The van der Waals surface area contributed by atoms with Crippen LogP contribution in [0.5, 0.6) is 5.75 Å². The zero-order valence-electron chi connectivity index (χ0n) is 59.6. The zero-order valence-corrected chi connectivity index (χ0v) is 60.4. The minimum atomic E-state index is -1.99. The molecule has 6 aliphatic rings. The van der Waals surface area contributed by atoms with Gasteiger partial charge in [-0.05, 0) is 171 Å². The van der Waals surface area contributed by atoms with Crippen LogP contribution in [-0.4, -0.2) is 156 Å². The van der Waals surface area contributed by atoms with Gasteiger partial charge in [0.15, 0.2) is 11.5 Å². The summed E-state index contributed by atoms with van der Waals surface area (Å²) in [7, 11) is 0. The van der Waals surface area contributed by atoms with Crippen molar-refractivity contribution in [3.63, 3.8) is 0 Å². The molecule has 5 fully saturated rings. The van der Waals surface area contributed by atoms with E-state index >= 15 is 9.18 Å². The Morgan fingerprint density at radius 1 is 0.810 bits per heavy atom. The summed E-state index contributed by atoms with van der Waals surface area (Å²) in [4.78, 5) is 107. The Labute approximate surface area is 590 Å². The number of aromatic nitrogens is 4. The molecule has 20 nitrogen and oxygen atoms in total. The molecule has 2 aliphatic carbocycles. The number of piperidine rings is 2. The Balaban J connectivity index is 0.646. The molecule has 3 saturated heterocycles. The van der Waals surface area contributed by atoms with Crippen LogP contribution in [-0.2, 0) is 35.9 Å². The lowest BCUT2D eigenvalue weighted by Gasteiger charge is -2.48. The smallest absolute Gasteiger partial charge is 0.258 e. The Hall–Kier alpha value is -7.89. The van der Waals surface area contributed by atoms with Gasteiger partial charge in [0, 0.05) is 85.6 Å². The number of carbonyl (C=O) groups is 6. The number of aliphatic hydroxyl groups is 1. The lowest BCUT2D eigenvalue weighted by atomic mass is 9.73. The van der Waals surface area contributed by atoms with Crippen LogP contribution in [0.2, 0.25) is 0 Å². The summed E-state index contributed by atoms with van der Waals surface area (Å²) < 4.78 is 39.2. The third kappa shape index (κ3) is 15.3. The molecule has 100 heavy (non-hydrogen) atoms. The average molecular weight is 1390 g/mol. The molecule has 2 saturated carbocycles. The number of nitrogens with one attached hydrogen (secondary N) is 4. The number of β-amino-alcohol motifs (C(OH)–C–C–N with tert-alkyl or cyclic N) is 1. The third-order valence-corrected chi connectivity index (χ3v) is 22.5. The zero-order chi connectivity index (χ0) is 70.9. The van der Waals surface area contributed by atoms with Crippen molar-refractivity contribution in [1.29, 1.82) is 0 Å². The van der Waals surface area contributed by atoms with Crippen molar-refractivity contribution in [1.82, 2.24) is 50.2 Å². The number of pyridine rings is 1. The van der Waals surface area contributed by atoms with Gasteiger partial charge in [-0.25, -0.2) is 23.7 Å². The number of unbranched alkanes of at least 4 members (excludes halogenated alkanes) is 6. The number of nitrogens with zero attached hydrogens (tertiary/aromatic N) is 8. The van der Waals surface area contributed by atoms with Gasteiger partial charge >= 0.3 is 0 Å². The second-order valence-electron chi connectivity index (χ2n) is 30.6. The van der Waals surface area contributed by atoms with Crippen LogP contribution in [0.15, 0.2) is 66.4 Å². The number of likely N-dealkylation sites (tertiary alicyclic amines) is 3. The summed E-state index contributed by atoms with van der Waals surface area (Å²) in [5.41, 5.74) is 6.46. The molecule has 536 valence electrons. The van der Waals surface area contributed by atoms with E-state index in [-0.39, 0.29) is 73.9 Å². The number of halogens is 2. The highest BCUT2D eigenvalue weighted by atomic mass is 32.1. The van der Waals surface area contributed by atoms with E-state index < -0.39 is 58.2 Å². The second kappa shape index (κ2) is 30.0. The maximum Gasteiger partial charge on any atom is 0.258 e. The first-order valence-electron chi connectivity index (χ1n) is 36.5. The average Bonchev–Trinajstić information content (AvgIpc) is 1.55. The molecular formula is C77H100F2N12O8S. The molecule has 3 aromatic heterocycles. The van der Waals surface area contributed by atoms with Crippen molar-refractivity contribution < 1.29 is 47.4 Å². The van der Waals surface area contributed by atoms with Gasteiger partial charge in [0.05, 0.1) is 57.4 Å². The highest BCUT2D eigenvalue weighted by Gasteiger charge is 2.57. The molecule has 4 aliphatic heterocycles. The SMILES string of the molecule is Cc1cc(F)c(Nc2nc(-c3ccc4c(c3)N(C3CC(N5CCCCC5)C3)C(=O)C43CCN(C(=O)CCCCCCCCCOc4cc(-c5scnc5C)ccc4CNC(=O)[C@@H]4C[C@@H](O)CN4C(=O)[C@@H](NC(=O)C4(F)CC4)C(C)(C)C)CC3)cc3ncn(C(C)C)c23)cc1C(=O)NC(C)C. The van der Waals surface area contributed by atoms with Gasteiger partial charge in [-0.1, -0.05) is 83.6 Å². The van der Waals surface area contributed by atoms with Crippen molar-refractivity contribution >= 4 is 75.0 Å². The number of fused-ring (bicyclic) bond motifs is 3. The van der Waals surface area contributed by atoms with E-state index in [1.165, 1.54) is 41.6 Å². The van der Waals surface area contributed by atoms with E-state index in [2.05, 4.69) is 48.2 Å². The molecule has 12 rings (SSSR count). The van der Waals surface area contributed by atoms with Crippen LogP contribution in [0, 0.1) is 25.1 Å². The molecule has 0 bridgehead atoms. The van der Waals surface area contributed by atoms with Crippen LogP contribution < -0.4 is 30.9 Å². The van der Waals surface area contributed by atoms with Gasteiger partial charge in [0.25, 0.3) is 11.8 Å². The van der Waals surface area contributed by atoms with Gasteiger partial charge in [-0.15, -0.1) is 11.3 Å². The number of carbonyl (C=O) groups excluding carboxylic acids is 6. The highest BCUT2D eigenvalue weighted by molar-refractivity contribution is 7.13. The van der Waals surface area contributed by atoms with Crippen molar-refractivity contribution in [2.75, 3.05) is 49.5 Å². The number of benzene rings is 3. The fourth-order valence-electron chi connectivity index (χ4n) is 15.4. The first-order chi connectivity index (χ1) is 47.8. The fraction of sp³-hybridized carbons (Fsp3) is 0.571. The molecule has 3 aromatic carbocycles. The summed E-state index contributed by atoms with van der Waals surface area (Å²) in [5.74, 6) is -1.39. The third-order valence-electron chi connectivity index (χ3n) is 21.5. The number of anilines is 3. The predicted octanol–water partition coefficient (Wildman–Crippen LogP) is 12.5. The molecular weight excluding hydrogens is 1290 g/mol. The van der Waals surface area contributed by atoms with E-state index in [9.17, 15) is 33.5 Å². The molecule has 6 amide bonds. The maximum absolute atomic E-state index is 16.0.